The maximum atomic E-state index is 12.4. The molecule has 6 heteroatoms. The Kier molecular flexibility index (Phi) is 6.09. The first-order valence-electron chi connectivity index (χ1n) is 8.85. The second-order valence-electron chi connectivity index (χ2n) is 6.05. The van der Waals surface area contributed by atoms with Crippen LogP contribution in [0.3, 0.4) is 0 Å². The number of para-hydroxylation sites is 2. The van der Waals surface area contributed by atoms with Crippen LogP contribution in [-0.4, -0.2) is 31.3 Å². The van der Waals surface area contributed by atoms with Crippen LogP contribution >= 0.6 is 0 Å². The fourth-order valence-electron chi connectivity index (χ4n) is 2.84. The molecule has 0 unspecified atom stereocenters. The minimum Gasteiger partial charge on any atom is -0.494 e. The molecule has 0 radical (unpaired) electrons. The van der Waals surface area contributed by atoms with E-state index in [-0.39, 0.29) is 12.0 Å². The van der Waals surface area contributed by atoms with Gasteiger partial charge in [-0.25, -0.2) is 0 Å². The lowest BCUT2D eigenvalue weighted by Crippen LogP contribution is -2.29. The van der Waals surface area contributed by atoms with Gasteiger partial charge in [0.25, 0.3) is 5.91 Å². The van der Waals surface area contributed by atoms with Crippen molar-refractivity contribution in [2.75, 3.05) is 18.5 Å². The zero-order chi connectivity index (χ0) is 18.4. The van der Waals surface area contributed by atoms with Crippen molar-refractivity contribution in [1.82, 2.24) is 0 Å². The molecule has 1 fully saturated rings. The second-order valence-corrected chi connectivity index (χ2v) is 6.05. The topological polar surface area (TPSA) is 82.8 Å². The van der Waals surface area contributed by atoms with Crippen molar-refractivity contribution in [3.05, 3.63) is 48.5 Å². The number of nitrogens with one attached hydrogen (secondary N) is 1. The van der Waals surface area contributed by atoms with Crippen LogP contribution in [-0.2, 0) is 9.53 Å². The lowest BCUT2D eigenvalue weighted by molar-refractivity contribution is -0.126. The van der Waals surface area contributed by atoms with Crippen molar-refractivity contribution in [3.63, 3.8) is 0 Å². The monoisotopic (exact) mass is 356 g/mol. The normalized spacial score (nSPS) is 19.2. The summed E-state index contributed by atoms with van der Waals surface area (Å²) in [5.41, 5.74) is 6.21. The third kappa shape index (κ3) is 4.53. The minimum absolute atomic E-state index is 0.0406. The largest absolute Gasteiger partial charge is 0.494 e. The number of anilines is 1. The van der Waals surface area contributed by atoms with Gasteiger partial charge in [0.15, 0.2) is 5.75 Å². The summed E-state index contributed by atoms with van der Waals surface area (Å²) >= 11 is 0. The van der Waals surface area contributed by atoms with Crippen LogP contribution in [0.25, 0.3) is 0 Å². The Hall–Kier alpha value is -2.57. The van der Waals surface area contributed by atoms with Crippen molar-refractivity contribution in [2.45, 2.75) is 32.0 Å². The van der Waals surface area contributed by atoms with Gasteiger partial charge in [0.05, 0.1) is 18.4 Å². The number of carbonyl (C=O) groups excluding carboxylic acids is 1. The summed E-state index contributed by atoms with van der Waals surface area (Å²) in [6, 6.07) is 14.7. The van der Waals surface area contributed by atoms with Crippen LogP contribution < -0.4 is 20.5 Å². The lowest BCUT2D eigenvalue weighted by atomic mass is 10.2. The predicted molar refractivity (Wildman–Crippen MR) is 99.7 cm³/mol. The van der Waals surface area contributed by atoms with Gasteiger partial charge in [-0.1, -0.05) is 12.1 Å². The predicted octanol–water partition coefficient (Wildman–Crippen LogP) is 3.32. The quantitative estimate of drug-likeness (QED) is 0.795. The van der Waals surface area contributed by atoms with E-state index in [1.54, 1.807) is 6.07 Å². The van der Waals surface area contributed by atoms with Gasteiger partial charge in [0.2, 0.25) is 0 Å². The Morgan fingerprint density at radius 3 is 2.58 bits per heavy atom. The van der Waals surface area contributed by atoms with Gasteiger partial charge in [-0.3, -0.25) is 4.79 Å². The summed E-state index contributed by atoms with van der Waals surface area (Å²) in [7, 11) is 0. The molecule has 2 aromatic carbocycles. The number of hydrogen-bond donors (Lipinski definition) is 2. The number of hydrogen-bond acceptors (Lipinski definition) is 5. The standard InChI is InChI=1S/C20H24N2O4/c1-2-24-14-7-9-15(10-8-14)25-18-6-4-3-5-17(18)22-20(23)19-12-11-16(13-21)26-19/h3-10,16,19H,2,11-13,21H2,1H3,(H,22,23)/t16-,19+/m1/s1. The second kappa shape index (κ2) is 8.69. The molecule has 1 aliphatic rings. The van der Waals surface area contributed by atoms with Crippen LogP contribution in [0.4, 0.5) is 5.69 Å². The van der Waals surface area contributed by atoms with E-state index in [4.69, 9.17) is 19.9 Å². The molecule has 138 valence electrons. The van der Waals surface area contributed by atoms with Gasteiger partial charge in [-0.05, 0) is 56.2 Å². The molecule has 3 N–H and O–H groups in total. The van der Waals surface area contributed by atoms with E-state index >= 15 is 0 Å². The van der Waals surface area contributed by atoms with E-state index < -0.39 is 6.10 Å². The number of carbonyl (C=O) groups is 1. The van der Waals surface area contributed by atoms with Crippen molar-refractivity contribution in [1.29, 1.82) is 0 Å². The Morgan fingerprint density at radius 2 is 1.88 bits per heavy atom. The summed E-state index contributed by atoms with van der Waals surface area (Å²) in [6.45, 7) is 2.98. The van der Waals surface area contributed by atoms with E-state index in [0.717, 1.165) is 12.2 Å². The fraction of sp³-hybridized carbons (Fsp3) is 0.350. The van der Waals surface area contributed by atoms with Gasteiger partial charge in [-0.15, -0.1) is 0 Å². The Balaban J connectivity index is 1.67. The van der Waals surface area contributed by atoms with Crippen LogP contribution in [0.2, 0.25) is 0 Å². The highest BCUT2D eigenvalue weighted by Crippen LogP contribution is 2.31. The molecule has 0 bridgehead atoms. The molecule has 26 heavy (non-hydrogen) atoms. The third-order valence-corrected chi connectivity index (χ3v) is 4.17. The number of nitrogens with two attached hydrogens (primary N) is 1. The molecule has 6 nitrogen and oxygen atoms in total. The maximum Gasteiger partial charge on any atom is 0.253 e. The number of amides is 1. The SMILES string of the molecule is CCOc1ccc(Oc2ccccc2NC(=O)[C@@H]2CC[C@H](CN)O2)cc1. The molecule has 1 heterocycles. The Bertz CT molecular complexity index is 733. The van der Waals surface area contributed by atoms with Crippen molar-refractivity contribution in [2.24, 2.45) is 5.73 Å². The third-order valence-electron chi connectivity index (χ3n) is 4.17. The van der Waals surface area contributed by atoms with Gasteiger partial charge < -0.3 is 25.3 Å². The highest BCUT2D eigenvalue weighted by molar-refractivity contribution is 5.95. The highest BCUT2D eigenvalue weighted by Gasteiger charge is 2.30. The number of rotatable bonds is 7. The molecule has 2 atom stereocenters. The van der Waals surface area contributed by atoms with Crippen LogP contribution in [0.1, 0.15) is 19.8 Å². The number of benzene rings is 2. The average Bonchev–Trinajstić information content (AvgIpc) is 3.14. The van der Waals surface area contributed by atoms with Gasteiger partial charge >= 0.3 is 0 Å². The summed E-state index contributed by atoms with van der Waals surface area (Å²) in [5, 5.41) is 2.89. The Labute approximate surface area is 153 Å². The van der Waals surface area contributed by atoms with Crippen molar-refractivity contribution >= 4 is 11.6 Å². The van der Waals surface area contributed by atoms with E-state index in [1.165, 1.54) is 0 Å². The van der Waals surface area contributed by atoms with Gasteiger partial charge in [0, 0.05) is 6.54 Å². The summed E-state index contributed by atoms with van der Waals surface area (Å²) in [6.07, 6.45) is 0.970. The van der Waals surface area contributed by atoms with E-state index in [2.05, 4.69) is 5.32 Å². The zero-order valence-corrected chi connectivity index (χ0v) is 14.8. The van der Waals surface area contributed by atoms with Gasteiger partial charge in [0.1, 0.15) is 17.6 Å². The smallest absolute Gasteiger partial charge is 0.253 e. The molecule has 0 spiro atoms. The maximum absolute atomic E-state index is 12.4. The number of ether oxygens (including phenoxy) is 3. The molecular weight excluding hydrogens is 332 g/mol. The van der Waals surface area contributed by atoms with Gasteiger partial charge in [-0.2, -0.15) is 0 Å². The van der Waals surface area contributed by atoms with E-state index in [0.29, 0.717) is 36.8 Å². The molecule has 1 saturated heterocycles. The molecule has 0 aliphatic carbocycles. The first kappa shape index (κ1) is 18.2. The first-order chi connectivity index (χ1) is 12.7. The molecule has 1 amide bonds. The molecule has 2 aromatic rings. The Morgan fingerprint density at radius 1 is 1.15 bits per heavy atom. The van der Waals surface area contributed by atoms with E-state index in [9.17, 15) is 4.79 Å². The lowest BCUT2D eigenvalue weighted by Gasteiger charge is -2.15. The molecular formula is C20H24N2O4. The fourth-order valence-corrected chi connectivity index (χ4v) is 2.84. The van der Waals surface area contributed by atoms with Crippen LogP contribution in [0.15, 0.2) is 48.5 Å². The molecule has 0 aromatic heterocycles. The highest BCUT2D eigenvalue weighted by atomic mass is 16.5. The minimum atomic E-state index is -0.470. The first-order valence-corrected chi connectivity index (χ1v) is 8.85. The molecule has 3 rings (SSSR count). The summed E-state index contributed by atoms with van der Waals surface area (Å²) in [4.78, 5) is 12.4. The molecule has 1 aliphatic heterocycles. The molecule has 0 saturated carbocycles. The zero-order valence-electron chi connectivity index (χ0n) is 14.8. The summed E-state index contributed by atoms with van der Waals surface area (Å²) in [5.74, 6) is 1.84. The van der Waals surface area contributed by atoms with E-state index in [1.807, 2.05) is 49.4 Å². The van der Waals surface area contributed by atoms with Crippen molar-refractivity contribution < 1.29 is 19.0 Å². The van der Waals surface area contributed by atoms with Crippen LogP contribution in [0, 0.1) is 0 Å². The van der Waals surface area contributed by atoms with Crippen LogP contribution in [0.5, 0.6) is 17.2 Å². The summed E-state index contributed by atoms with van der Waals surface area (Å²) < 4.78 is 17.0. The average molecular weight is 356 g/mol. The van der Waals surface area contributed by atoms with Crippen molar-refractivity contribution in [3.8, 4) is 17.2 Å².